The van der Waals surface area contributed by atoms with Crippen molar-refractivity contribution in [1.29, 1.82) is 0 Å². The Morgan fingerprint density at radius 1 is 1.30 bits per heavy atom. The van der Waals surface area contributed by atoms with Crippen molar-refractivity contribution in [2.24, 2.45) is 0 Å². The van der Waals surface area contributed by atoms with E-state index in [1.54, 1.807) is 4.90 Å². The van der Waals surface area contributed by atoms with Crippen molar-refractivity contribution in [3.63, 3.8) is 0 Å². The second kappa shape index (κ2) is 7.22. The summed E-state index contributed by atoms with van der Waals surface area (Å²) >= 11 is 0. The number of halogens is 2. The molecule has 3 nitrogen and oxygen atoms in total. The third-order valence-corrected chi connectivity index (χ3v) is 3.46. The Balaban J connectivity index is 3.08. The van der Waals surface area contributed by atoms with Gasteiger partial charge in [0.25, 0.3) is 5.91 Å². The standard InChI is InChI=1S/C15H22F2N2O/c1-4-6-7-19(10(3)5-2)15(20)11-8-12(16)13(17)9-14(11)18/h8-10H,4-7,18H2,1-3H3. The number of carbonyl (C=O) groups is 1. The molecule has 0 heterocycles. The van der Waals surface area contributed by atoms with E-state index in [0.717, 1.165) is 31.4 Å². The van der Waals surface area contributed by atoms with Gasteiger partial charge in [-0.15, -0.1) is 0 Å². The molecule has 0 aromatic heterocycles. The van der Waals surface area contributed by atoms with Gasteiger partial charge in [0, 0.05) is 24.3 Å². The number of unbranched alkanes of at least 4 members (excludes halogenated alkanes) is 1. The number of hydrogen-bond acceptors (Lipinski definition) is 2. The Kier molecular flexibility index (Phi) is 5.92. The SMILES string of the molecule is CCCCN(C(=O)c1cc(F)c(F)cc1N)C(C)CC. The number of rotatable bonds is 6. The number of anilines is 1. The van der Waals surface area contributed by atoms with Crippen LogP contribution >= 0.6 is 0 Å². The number of nitrogen functional groups attached to an aromatic ring is 1. The second-order valence-corrected chi connectivity index (χ2v) is 4.96. The highest BCUT2D eigenvalue weighted by molar-refractivity contribution is 5.99. The van der Waals surface area contributed by atoms with Gasteiger partial charge in [0.2, 0.25) is 0 Å². The maximum atomic E-state index is 13.3. The average Bonchev–Trinajstić information content (AvgIpc) is 2.42. The molecule has 1 amide bonds. The van der Waals surface area contributed by atoms with Crippen LogP contribution in [0.3, 0.4) is 0 Å². The van der Waals surface area contributed by atoms with Crippen LogP contribution in [0.1, 0.15) is 50.4 Å². The number of amides is 1. The highest BCUT2D eigenvalue weighted by atomic mass is 19.2. The van der Waals surface area contributed by atoms with E-state index in [1.165, 1.54) is 0 Å². The van der Waals surface area contributed by atoms with Crippen LogP contribution in [0.2, 0.25) is 0 Å². The van der Waals surface area contributed by atoms with E-state index in [-0.39, 0.29) is 23.2 Å². The summed E-state index contributed by atoms with van der Waals surface area (Å²) in [5, 5.41) is 0. The molecule has 0 fully saturated rings. The Morgan fingerprint density at radius 2 is 1.90 bits per heavy atom. The largest absolute Gasteiger partial charge is 0.398 e. The fourth-order valence-corrected chi connectivity index (χ4v) is 1.97. The normalized spacial score (nSPS) is 12.2. The molecule has 1 unspecified atom stereocenters. The van der Waals surface area contributed by atoms with Gasteiger partial charge in [-0.25, -0.2) is 8.78 Å². The monoisotopic (exact) mass is 284 g/mol. The summed E-state index contributed by atoms with van der Waals surface area (Å²) in [4.78, 5) is 14.2. The summed E-state index contributed by atoms with van der Waals surface area (Å²) in [7, 11) is 0. The summed E-state index contributed by atoms with van der Waals surface area (Å²) < 4.78 is 26.4. The molecule has 0 bridgehead atoms. The molecular weight excluding hydrogens is 262 g/mol. The van der Waals surface area contributed by atoms with E-state index in [4.69, 9.17) is 5.73 Å². The highest BCUT2D eigenvalue weighted by Crippen LogP contribution is 2.21. The van der Waals surface area contributed by atoms with Gasteiger partial charge in [0.1, 0.15) is 0 Å². The first-order chi connectivity index (χ1) is 9.42. The lowest BCUT2D eigenvalue weighted by Crippen LogP contribution is -2.39. The molecule has 112 valence electrons. The van der Waals surface area contributed by atoms with Gasteiger partial charge in [-0.3, -0.25) is 4.79 Å². The maximum absolute atomic E-state index is 13.3. The van der Waals surface area contributed by atoms with Gasteiger partial charge in [-0.2, -0.15) is 0 Å². The van der Waals surface area contributed by atoms with E-state index in [0.29, 0.717) is 6.54 Å². The quantitative estimate of drug-likeness (QED) is 0.811. The average molecular weight is 284 g/mol. The number of benzene rings is 1. The lowest BCUT2D eigenvalue weighted by Gasteiger charge is -2.29. The number of nitrogens with two attached hydrogens (primary N) is 1. The predicted molar refractivity (Wildman–Crippen MR) is 76.5 cm³/mol. The first kappa shape index (κ1) is 16.4. The van der Waals surface area contributed by atoms with Gasteiger partial charge in [-0.1, -0.05) is 20.3 Å². The number of hydrogen-bond donors (Lipinski definition) is 1. The first-order valence-electron chi connectivity index (χ1n) is 6.97. The molecular formula is C15H22F2N2O. The summed E-state index contributed by atoms with van der Waals surface area (Å²) in [6.45, 7) is 6.53. The zero-order chi connectivity index (χ0) is 15.3. The van der Waals surface area contributed by atoms with E-state index in [9.17, 15) is 13.6 Å². The lowest BCUT2D eigenvalue weighted by atomic mass is 10.1. The summed E-state index contributed by atoms with van der Waals surface area (Å²) in [6, 6.07) is 1.77. The Labute approximate surface area is 118 Å². The van der Waals surface area contributed by atoms with Crippen LogP contribution in [0.25, 0.3) is 0 Å². The van der Waals surface area contributed by atoms with Crippen LogP contribution < -0.4 is 5.73 Å². The molecule has 1 aromatic carbocycles. The van der Waals surface area contributed by atoms with Crippen LogP contribution in [0.15, 0.2) is 12.1 Å². The second-order valence-electron chi connectivity index (χ2n) is 4.96. The third kappa shape index (κ3) is 3.68. The Hall–Kier alpha value is -1.65. The molecule has 0 saturated heterocycles. The zero-order valence-electron chi connectivity index (χ0n) is 12.2. The molecule has 1 rings (SSSR count). The van der Waals surface area contributed by atoms with Crippen molar-refractivity contribution in [3.8, 4) is 0 Å². The number of carbonyl (C=O) groups excluding carboxylic acids is 1. The molecule has 20 heavy (non-hydrogen) atoms. The predicted octanol–water partition coefficient (Wildman–Crippen LogP) is 3.59. The molecule has 0 aliphatic heterocycles. The molecule has 0 aliphatic carbocycles. The van der Waals surface area contributed by atoms with Gasteiger partial charge >= 0.3 is 0 Å². The third-order valence-electron chi connectivity index (χ3n) is 3.46. The fourth-order valence-electron chi connectivity index (χ4n) is 1.97. The smallest absolute Gasteiger partial charge is 0.256 e. The summed E-state index contributed by atoms with van der Waals surface area (Å²) in [6.07, 6.45) is 2.60. The fraction of sp³-hybridized carbons (Fsp3) is 0.533. The Morgan fingerprint density at radius 3 is 2.45 bits per heavy atom. The molecule has 1 atom stereocenters. The molecule has 2 N–H and O–H groups in total. The maximum Gasteiger partial charge on any atom is 0.256 e. The zero-order valence-corrected chi connectivity index (χ0v) is 12.2. The van der Waals surface area contributed by atoms with Crippen molar-refractivity contribution in [2.75, 3.05) is 12.3 Å². The van der Waals surface area contributed by atoms with Gasteiger partial charge < -0.3 is 10.6 Å². The first-order valence-corrected chi connectivity index (χ1v) is 6.97. The molecule has 0 saturated carbocycles. The summed E-state index contributed by atoms with van der Waals surface area (Å²) in [5.41, 5.74) is 5.64. The Bertz CT molecular complexity index is 477. The van der Waals surface area contributed by atoms with E-state index in [1.807, 2.05) is 20.8 Å². The minimum atomic E-state index is -1.05. The van der Waals surface area contributed by atoms with Crippen molar-refractivity contribution in [3.05, 3.63) is 29.3 Å². The lowest BCUT2D eigenvalue weighted by molar-refractivity contribution is 0.0686. The minimum Gasteiger partial charge on any atom is -0.398 e. The topological polar surface area (TPSA) is 46.3 Å². The highest BCUT2D eigenvalue weighted by Gasteiger charge is 2.23. The molecule has 0 spiro atoms. The van der Waals surface area contributed by atoms with Gasteiger partial charge in [-0.05, 0) is 25.8 Å². The molecule has 5 heteroatoms. The van der Waals surface area contributed by atoms with Crippen molar-refractivity contribution < 1.29 is 13.6 Å². The van der Waals surface area contributed by atoms with Gasteiger partial charge in [0.15, 0.2) is 11.6 Å². The van der Waals surface area contributed by atoms with E-state index >= 15 is 0 Å². The molecule has 0 aliphatic rings. The van der Waals surface area contributed by atoms with Crippen LogP contribution in [0.4, 0.5) is 14.5 Å². The van der Waals surface area contributed by atoms with Crippen LogP contribution in [0.5, 0.6) is 0 Å². The molecule has 0 radical (unpaired) electrons. The van der Waals surface area contributed by atoms with E-state index in [2.05, 4.69) is 0 Å². The van der Waals surface area contributed by atoms with E-state index < -0.39 is 11.6 Å². The molecule has 1 aromatic rings. The number of nitrogens with zero attached hydrogens (tertiary/aromatic N) is 1. The van der Waals surface area contributed by atoms with Crippen molar-refractivity contribution in [2.45, 2.75) is 46.1 Å². The minimum absolute atomic E-state index is 0.0281. The van der Waals surface area contributed by atoms with Crippen molar-refractivity contribution >= 4 is 11.6 Å². The van der Waals surface area contributed by atoms with Crippen LogP contribution in [-0.2, 0) is 0 Å². The van der Waals surface area contributed by atoms with Crippen molar-refractivity contribution in [1.82, 2.24) is 4.90 Å². The van der Waals surface area contributed by atoms with Crippen LogP contribution in [0, 0.1) is 11.6 Å². The summed E-state index contributed by atoms with van der Waals surface area (Å²) in [5.74, 6) is -2.44. The van der Waals surface area contributed by atoms with Crippen LogP contribution in [-0.4, -0.2) is 23.4 Å². The van der Waals surface area contributed by atoms with Gasteiger partial charge in [0.05, 0.1) is 5.56 Å².